The van der Waals surface area contributed by atoms with Gasteiger partial charge in [-0.25, -0.2) is 4.98 Å². The minimum Gasteiger partial charge on any atom is -0.327 e. The van der Waals surface area contributed by atoms with E-state index < -0.39 is 0 Å². The second-order valence-corrected chi connectivity index (χ2v) is 5.44. The van der Waals surface area contributed by atoms with Gasteiger partial charge in [-0.3, -0.25) is 0 Å². The maximum atomic E-state index is 6.30. The maximum Gasteiger partial charge on any atom is 0.126 e. The van der Waals surface area contributed by atoms with Crippen LogP contribution in [0.25, 0.3) is 11.0 Å². The molecule has 0 saturated carbocycles. The first kappa shape index (κ1) is 14.4. The van der Waals surface area contributed by atoms with Crippen LogP contribution in [0.4, 0.5) is 0 Å². The van der Waals surface area contributed by atoms with Gasteiger partial charge in [0.15, 0.2) is 0 Å². The number of halogens is 1. The smallest absolute Gasteiger partial charge is 0.126 e. The summed E-state index contributed by atoms with van der Waals surface area (Å²) in [5.74, 6) is 0.993. The number of benzene rings is 1. The van der Waals surface area contributed by atoms with Crippen molar-refractivity contribution in [3.63, 3.8) is 0 Å². The summed E-state index contributed by atoms with van der Waals surface area (Å²) in [6.07, 6.45) is 4.34. The van der Waals surface area contributed by atoms with Gasteiger partial charge in [-0.05, 0) is 31.0 Å². The van der Waals surface area contributed by atoms with Crippen molar-refractivity contribution in [3.05, 3.63) is 29.0 Å². The van der Waals surface area contributed by atoms with Crippen LogP contribution in [0.2, 0.25) is 5.02 Å². The van der Waals surface area contributed by atoms with Crippen LogP contribution in [0.3, 0.4) is 0 Å². The van der Waals surface area contributed by atoms with E-state index in [9.17, 15) is 0 Å². The average molecular weight is 280 g/mol. The monoisotopic (exact) mass is 279 g/mol. The molecule has 2 rings (SSSR count). The van der Waals surface area contributed by atoms with E-state index in [1.165, 1.54) is 0 Å². The van der Waals surface area contributed by atoms with Crippen molar-refractivity contribution < 1.29 is 0 Å². The van der Waals surface area contributed by atoms with E-state index in [1.807, 2.05) is 18.2 Å². The van der Waals surface area contributed by atoms with Crippen LogP contribution in [0.5, 0.6) is 0 Å². The molecule has 1 heterocycles. The number of rotatable bonds is 6. The average Bonchev–Trinajstić information content (AvgIpc) is 2.75. The molecule has 1 aromatic carbocycles. The van der Waals surface area contributed by atoms with Gasteiger partial charge < -0.3 is 10.3 Å². The van der Waals surface area contributed by atoms with Crippen molar-refractivity contribution in [1.29, 1.82) is 0 Å². The fourth-order valence-electron chi connectivity index (χ4n) is 2.41. The van der Waals surface area contributed by atoms with Crippen molar-refractivity contribution in [1.82, 2.24) is 9.55 Å². The predicted molar refractivity (Wildman–Crippen MR) is 81.5 cm³/mol. The number of hydrogen-bond acceptors (Lipinski definition) is 2. The summed E-state index contributed by atoms with van der Waals surface area (Å²) >= 11 is 6.09. The van der Waals surface area contributed by atoms with E-state index in [0.29, 0.717) is 0 Å². The summed E-state index contributed by atoms with van der Waals surface area (Å²) < 4.78 is 2.22. The largest absolute Gasteiger partial charge is 0.327 e. The molecule has 1 atom stereocenters. The molecule has 3 nitrogen and oxygen atoms in total. The number of imidazole rings is 1. The topological polar surface area (TPSA) is 43.8 Å². The molecule has 0 fully saturated rings. The predicted octanol–water partition coefficient (Wildman–Crippen LogP) is 4.29. The Morgan fingerprint density at radius 3 is 2.79 bits per heavy atom. The minimum absolute atomic E-state index is 0.0117. The summed E-state index contributed by atoms with van der Waals surface area (Å²) in [5, 5.41) is 0.749. The molecule has 0 spiro atoms. The highest BCUT2D eigenvalue weighted by Crippen LogP contribution is 2.25. The number of aryl methyl sites for hydroxylation is 1. The molecule has 0 aliphatic carbocycles. The lowest BCUT2D eigenvalue weighted by Crippen LogP contribution is -2.16. The molecule has 4 heteroatoms. The highest BCUT2D eigenvalue weighted by molar-refractivity contribution is 6.31. The van der Waals surface area contributed by atoms with Crippen LogP contribution in [0.15, 0.2) is 18.2 Å². The van der Waals surface area contributed by atoms with Gasteiger partial charge in [0, 0.05) is 11.6 Å². The van der Waals surface area contributed by atoms with Crippen molar-refractivity contribution in [2.75, 3.05) is 0 Å². The van der Waals surface area contributed by atoms with Crippen LogP contribution in [-0.2, 0) is 6.54 Å². The normalized spacial score (nSPS) is 13.1. The molecule has 2 N–H and O–H groups in total. The lowest BCUT2D eigenvalue weighted by molar-refractivity contribution is 0.536. The van der Waals surface area contributed by atoms with Crippen molar-refractivity contribution in [2.24, 2.45) is 5.73 Å². The maximum absolute atomic E-state index is 6.30. The SMILES string of the molecule is CCCCC(N)c1nc2ccc(Cl)cc2n1CCC. The second kappa shape index (κ2) is 6.40. The third-order valence-electron chi connectivity index (χ3n) is 3.39. The van der Waals surface area contributed by atoms with E-state index in [4.69, 9.17) is 22.3 Å². The third-order valence-corrected chi connectivity index (χ3v) is 3.62. The summed E-state index contributed by atoms with van der Waals surface area (Å²) in [5.41, 5.74) is 8.38. The Balaban J connectivity index is 2.43. The molecule has 0 amide bonds. The molecule has 1 aromatic heterocycles. The van der Waals surface area contributed by atoms with Gasteiger partial charge >= 0.3 is 0 Å². The molecule has 19 heavy (non-hydrogen) atoms. The van der Waals surface area contributed by atoms with Gasteiger partial charge in [-0.1, -0.05) is 38.3 Å². The first-order chi connectivity index (χ1) is 9.17. The summed E-state index contributed by atoms with van der Waals surface area (Å²) in [7, 11) is 0. The number of aromatic nitrogens is 2. The lowest BCUT2D eigenvalue weighted by atomic mass is 10.1. The Bertz CT molecular complexity index is 548. The zero-order valence-electron chi connectivity index (χ0n) is 11.7. The highest BCUT2D eigenvalue weighted by atomic mass is 35.5. The molecular formula is C15H22ClN3. The number of fused-ring (bicyclic) bond motifs is 1. The molecule has 0 saturated heterocycles. The minimum atomic E-state index is 0.0117. The Hall–Kier alpha value is -1.06. The van der Waals surface area contributed by atoms with Crippen molar-refractivity contribution >= 4 is 22.6 Å². The number of nitrogens with zero attached hydrogens (tertiary/aromatic N) is 2. The number of nitrogens with two attached hydrogens (primary N) is 1. The van der Waals surface area contributed by atoms with Gasteiger partial charge in [0.05, 0.1) is 17.1 Å². The van der Waals surface area contributed by atoms with Gasteiger partial charge in [-0.2, -0.15) is 0 Å². The van der Waals surface area contributed by atoms with E-state index in [0.717, 1.165) is 54.1 Å². The van der Waals surface area contributed by atoms with Crippen LogP contribution < -0.4 is 5.73 Å². The molecule has 0 radical (unpaired) electrons. The molecule has 0 aliphatic heterocycles. The summed E-state index contributed by atoms with van der Waals surface area (Å²) in [4.78, 5) is 4.70. The Kier molecular flexibility index (Phi) is 4.83. The van der Waals surface area contributed by atoms with Gasteiger partial charge in [-0.15, -0.1) is 0 Å². The van der Waals surface area contributed by atoms with E-state index in [-0.39, 0.29) is 6.04 Å². The standard InChI is InChI=1S/C15H22ClN3/c1-3-5-6-12(17)15-18-13-8-7-11(16)10-14(13)19(15)9-4-2/h7-8,10,12H,3-6,9,17H2,1-2H3. The fraction of sp³-hybridized carbons (Fsp3) is 0.533. The Labute approximate surface area is 119 Å². The summed E-state index contributed by atoms with van der Waals surface area (Å²) in [6, 6.07) is 5.85. The van der Waals surface area contributed by atoms with Crippen LogP contribution in [0.1, 0.15) is 51.4 Å². The first-order valence-corrected chi connectivity index (χ1v) is 7.46. The van der Waals surface area contributed by atoms with Gasteiger partial charge in [0.1, 0.15) is 5.82 Å². The zero-order valence-corrected chi connectivity index (χ0v) is 12.5. The van der Waals surface area contributed by atoms with E-state index in [1.54, 1.807) is 0 Å². The van der Waals surface area contributed by atoms with E-state index in [2.05, 4.69) is 18.4 Å². The quantitative estimate of drug-likeness (QED) is 0.857. The number of hydrogen-bond donors (Lipinski definition) is 1. The number of unbranched alkanes of at least 4 members (excludes halogenated alkanes) is 1. The van der Waals surface area contributed by atoms with Crippen molar-refractivity contribution in [3.8, 4) is 0 Å². The third kappa shape index (κ3) is 3.10. The first-order valence-electron chi connectivity index (χ1n) is 7.08. The van der Waals surface area contributed by atoms with Crippen LogP contribution >= 0.6 is 11.6 Å². The lowest BCUT2D eigenvalue weighted by Gasteiger charge is -2.13. The fourth-order valence-corrected chi connectivity index (χ4v) is 2.58. The van der Waals surface area contributed by atoms with Gasteiger partial charge in [0.25, 0.3) is 0 Å². The molecule has 0 bridgehead atoms. The highest BCUT2D eigenvalue weighted by Gasteiger charge is 2.16. The van der Waals surface area contributed by atoms with Gasteiger partial charge in [0.2, 0.25) is 0 Å². The molecule has 104 valence electrons. The van der Waals surface area contributed by atoms with Crippen LogP contribution in [-0.4, -0.2) is 9.55 Å². The Morgan fingerprint density at radius 2 is 2.11 bits per heavy atom. The molecule has 1 unspecified atom stereocenters. The van der Waals surface area contributed by atoms with E-state index >= 15 is 0 Å². The second-order valence-electron chi connectivity index (χ2n) is 5.00. The molecular weight excluding hydrogens is 258 g/mol. The zero-order chi connectivity index (χ0) is 13.8. The van der Waals surface area contributed by atoms with Crippen LogP contribution in [0, 0.1) is 0 Å². The van der Waals surface area contributed by atoms with Crippen molar-refractivity contribution in [2.45, 2.75) is 52.1 Å². The summed E-state index contributed by atoms with van der Waals surface area (Å²) in [6.45, 7) is 5.28. The molecule has 2 aromatic rings. The molecule has 0 aliphatic rings. The Morgan fingerprint density at radius 1 is 1.32 bits per heavy atom.